The van der Waals surface area contributed by atoms with Crippen LogP contribution in [0.3, 0.4) is 0 Å². The third-order valence-corrected chi connectivity index (χ3v) is 4.02. The predicted octanol–water partition coefficient (Wildman–Crippen LogP) is 2.79. The van der Waals surface area contributed by atoms with Crippen LogP contribution in [-0.4, -0.2) is 18.5 Å². The minimum atomic E-state index is -0.482. The Morgan fingerprint density at radius 1 is 1.47 bits per heavy atom. The number of halogens is 1. The summed E-state index contributed by atoms with van der Waals surface area (Å²) in [7, 11) is 0. The van der Waals surface area contributed by atoms with Crippen molar-refractivity contribution in [3.63, 3.8) is 0 Å². The Balaban J connectivity index is 2.50. The molecule has 1 saturated heterocycles. The fraction of sp³-hybridized carbons (Fsp3) is 0.500. The maximum Gasteiger partial charge on any atom is 0.250 e. The maximum atomic E-state index is 11.6. The molecule has 5 heteroatoms. The minimum Gasteiger partial charge on any atom is -0.399 e. The molecule has 0 aromatic heterocycles. The van der Waals surface area contributed by atoms with Crippen molar-refractivity contribution in [1.29, 1.82) is 0 Å². The third kappa shape index (κ3) is 2.78. The summed E-state index contributed by atoms with van der Waals surface area (Å²) in [4.78, 5) is 13.9. The van der Waals surface area contributed by atoms with E-state index in [1.165, 1.54) is 6.42 Å². The third-order valence-electron chi connectivity index (χ3n) is 3.74. The molecule has 2 rings (SSSR count). The fourth-order valence-electron chi connectivity index (χ4n) is 2.82. The first kappa shape index (κ1) is 14.0. The molecule has 1 fully saturated rings. The Labute approximate surface area is 118 Å². The molecule has 1 heterocycles. The zero-order valence-electron chi connectivity index (χ0n) is 11.2. The molecule has 1 amide bonds. The van der Waals surface area contributed by atoms with Crippen LogP contribution in [0.5, 0.6) is 0 Å². The number of hydrogen-bond acceptors (Lipinski definition) is 3. The lowest BCUT2D eigenvalue weighted by Gasteiger charge is -2.38. The molecule has 4 N–H and O–H groups in total. The van der Waals surface area contributed by atoms with Crippen molar-refractivity contribution in [3.05, 3.63) is 22.7 Å². The van der Waals surface area contributed by atoms with Gasteiger partial charge >= 0.3 is 0 Å². The summed E-state index contributed by atoms with van der Waals surface area (Å²) in [5.74, 6) is -0.482. The van der Waals surface area contributed by atoms with Gasteiger partial charge < -0.3 is 16.4 Å². The zero-order valence-corrected chi connectivity index (χ0v) is 11.9. The van der Waals surface area contributed by atoms with E-state index >= 15 is 0 Å². The van der Waals surface area contributed by atoms with Gasteiger partial charge in [-0.15, -0.1) is 0 Å². The van der Waals surface area contributed by atoms with Crippen LogP contribution < -0.4 is 16.4 Å². The van der Waals surface area contributed by atoms with Crippen LogP contribution in [0.2, 0.25) is 5.02 Å². The molecule has 1 atom stereocenters. The number of piperidine rings is 1. The van der Waals surface area contributed by atoms with E-state index in [0.29, 0.717) is 22.3 Å². The Morgan fingerprint density at radius 3 is 2.84 bits per heavy atom. The van der Waals surface area contributed by atoms with E-state index in [2.05, 4.69) is 11.8 Å². The van der Waals surface area contributed by atoms with E-state index in [9.17, 15) is 4.79 Å². The number of nitrogen functional groups attached to an aromatic ring is 1. The molecule has 1 aliphatic heterocycles. The van der Waals surface area contributed by atoms with Gasteiger partial charge in [0.05, 0.1) is 16.3 Å². The van der Waals surface area contributed by atoms with Crippen LogP contribution in [0.4, 0.5) is 11.4 Å². The van der Waals surface area contributed by atoms with Gasteiger partial charge in [0, 0.05) is 18.3 Å². The Morgan fingerprint density at radius 2 is 2.21 bits per heavy atom. The monoisotopic (exact) mass is 281 g/mol. The van der Waals surface area contributed by atoms with Crippen LogP contribution in [-0.2, 0) is 0 Å². The number of nitrogens with zero attached hydrogens (tertiary/aromatic N) is 1. The molecule has 1 unspecified atom stereocenters. The summed E-state index contributed by atoms with van der Waals surface area (Å²) in [5, 5.41) is 0.508. The van der Waals surface area contributed by atoms with E-state index in [4.69, 9.17) is 23.1 Å². The summed E-state index contributed by atoms with van der Waals surface area (Å²) in [6.45, 7) is 3.06. The average molecular weight is 282 g/mol. The van der Waals surface area contributed by atoms with E-state index in [1.54, 1.807) is 12.1 Å². The lowest BCUT2D eigenvalue weighted by Crippen LogP contribution is -2.40. The quantitative estimate of drug-likeness (QED) is 0.837. The Kier molecular flexibility index (Phi) is 4.20. The highest BCUT2D eigenvalue weighted by Gasteiger charge is 2.26. The molecule has 0 radical (unpaired) electrons. The molecule has 104 valence electrons. The van der Waals surface area contributed by atoms with Crippen molar-refractivity contribution in [2.45, 2.75) is 38.6 Å². The topological polar surface area (TPSA) is 72.3 Å². The molecule has 0 saturated carbocycles. The van der Waals surface area contributed by atoms with E-state index in [-0.39, 0.29) is 0 Å². The molecule has 0 bridgehead atoms. The second-order valence-electron chi connectivity index (χ2n) is 5.01. The molecule has 19 heavy (non-hydrogen) atoms. The molecule has 1 aromatic carbocycles. The molecule has 4 nitrogen and oxygen atoms in total. The van der Waals surface area contributed by atoms with Gasteiger partial charge in [0.2, 0.25) is 0 Å². The number of rotatable bonds is 3. The SMILES string of the molecule is CCC1CCCCN1c1c(Cl)cc(N)cc1C(N)=O. The van der Waals surface area contributed by atoms with Gasteiger partial charge in [0.25, 0.3) is 5.91 Å². The average Bonchev–Trinajstić information content (AvgIpc) is 2.38. The Hall–Kier alpha value is -1.42. The molecule has 1 aliphatic rings. The van der Waals surface area contributed by atoms with E-state index < -0.39 is 5.91 Å². The lowest BCUT2D eigenvalue weighted by atomic mass is 9.97. The second kappa shape index (κ2) is 5.70. The van der Waals surface area contributed by atoms with E-state index in [1.807, 2.05) is 0 Å². The summed E-state index contributed by atoms with van der Waals surface area (Å²) in [6.07, 6.45) is 4.47. The minimum absolute atomic E-state index is 0.410. The van der Waals surface area contributed by atoms with Crippen molar-refractivity contribution in [3.8, 4) is 0 Å². The second-order valence-corrected chi connectivity index (χ2v) is 5.42. The van der Waals surface area contributed by atoms with Gasteiger partial charge in [0.15, 0.2) is 0 Å². The van der Waals surface area contributed by atoms with Crippen LogP contribution >= 0.6 is 11.6 Å². The standard InChI is InChI=1S/C14H20ClN3O/c1-2-10-5-3-4-6-18(10)13-11(14(17)19)7-9(16)8-12(13)15/h7-8,10H,2-6,16H2,1H3,(H2,17,19). The van der Waals surface area contributed by atoms with Gasteiger partial charge in [-0.3, -0.25) is 4.79 Å². The summed E-state index contributed by atoms with van der Waals surface area (Å²) < 4.78 is 0. The van der Waals surface area contributed by atoms with Crippen molar-refractivity contribution in [2.24, 2.45) is 5.73 Å². The number of hydrogen-bond donors (Lipinski definition) is 2. The highest BCUT2D eigenvalue weighted by molar-refractivity contribution is 6.34. The normalized spacial score (nSPS) is 19.5. The molecule has 0 aliphatic carbocycles. The van der Waals surface area contributed by atoms with Crippen molar-refractivity contribution in [1.82, 2.24) is 0 Å². The van der Waals surface area contributed by atoms with Gasteiger partial charge in [-0.2, -0.15) is 0 Å². The van der Waals surface area contributed by atoms with Crippen LogP contribution in [0.25, 0.3) is 0 Å². The highest BCUT2D eigenvalue weighted by Crippen LogP contribution is 2.36. The number of carbonyl (C=O) groups is 1. The van der Waals surface area contributed by atoms with Gasteiger partial charge in [0.1, 0.15) is 0 Å². The van der Waals surface area contributed by atoms with Crippen molar-refractivity contribution >= 4 is 28.9 Å². The largest absolute Gasteiger partial charge is 0.399 e. The highest BCUT2D eigenvalue weighted by atomic mass is 35.5. The number of primary amides is 1. The van der Waals surface area contributed by atoms with Crippen molar-refractivity contribution in [2.75, 3.05) is 17.2 Å². The van der Waals surface area contributed by atoms with Crippen LogP contribution in [0.1, 0.15) is 43.0 Å². The predicted molar refractivity (Wildman–Crippen MR) is 79.7 cm³/mol. The molecular formula is C14H20ClN3O. The molecule has 1 aromatic rings. The number of amides is 1. The number of nitrogens with two attached hydrogens (primary N) is 2. The smallest absolute Gasteiger partial charge is 0.250 e. The zero-order chi connectivity index (χ0) is 14.0. The number of carbonyl (C=O) groups excluding carboxylic acids is 1. The summed E-state index contributed by atoms with van der Waals surface area (Å²) >= 11 is 6.30. The number of anilines is 2. The van der Waals surface area contributed by atoms with E-state index in [0.717, 1.165) is 31.5 Å². The van der Waals surface area contributed by atoms with Crippen LogP contribution in [0.15, 0.2) is 12.1 Å². The van der Waals surface area contributed by atoms with Crippen LogP contribution in [0, 0.1) is 0 Å². The van der Waals surface area contributed by atoms with Gasteiger partial charge in [-0.25, -0.2) is 0 Å². The number of benzene rings is 1. The first-order chi connectivity index (χ1) is 9.04. The summed E-state index contributed by atoms with van der Waals surface area (Å²) in [6, 6.07) is 3.71. The fourth-order valence-corrected chi connectivity index (χ4v) is 3.16. The Bertz CT molecular complexity index is 490. The summed E-state index contributed by atoms with van der Waals surface area (Å²) in [5.41, 5.74) is 12.9. The first-order valence-corrected chi connectivity index (χ1v) is 7.07. The first-order valence-electron chi connectivity index (χ1n) is 6.70. The van der Waals surface area contributed by atoms with Gasteiger partial charge in [-0.1, -0.05) is 18.5 Å². The molecule has 0 spiro atoms. The molecular weight excluding hydrogens is 262 g/mol. The van der Waals surface area contributed by atoms with Crippen molar-refractivity contribution < 1.29 is 4.79 Å². The maximum absolute atomic E-state index is 11.6. The van der Waals surface area contributed by atoms with Gasteiger partial charge in [-0.05, 0) is 37.8 Å². The lowest BCUT2D eigenvalue weighted by molar-refractivity contribution is 0.100.